The van der Waals surface area contributed by atoms with Crippen LogP contribution in [0.1, 0.15) is 35.0 Å². The van der Waals surface area contributed by atoms with E-state index in [2.05, 4.69) is 0 Å². The molecule has 0 bridgehead atoms. The molecule has 5 heteroatoms. The quantitative estimate of drug-likeness (QED) is 0.439. The summed E-state index contributed by atoms with van der Waals surface area (Å²) in [6, 6.07) is 0. The zero-order valence-electron chi connectivity index (χ0n) is 10.2. The number of carboxylic acid groups (broad SMARTS) is 2. The van der Waals surface area contributed by atoms with Gasteiger partial charge in [0.25, 0.3) is 0 Å². The normalized spacial score (nSPS) is 10.9. The van der Waals surface area contributed by atoms with Crippen LogP contribution in [0.15, 0.2) is 0 Å². The SMILES string of the molecule is CCCC(C(=O)O)(C(=O)O)C(C)C.[H-].[Na+]. The van der Waals surface area contributed by atoms with Gasteiger partial charge in [0, 0.05) is 0 Å². The average molecular weight is 212 g/mol. The van der Waals surface area contributed by atoms with Crippen molar-refractivity contribution >= 4 is 11.9 Å². The number of rotatable bonds is 5. The van der Waals surface area contributed by atoms with Gasteiger partial charge in [-0.25, -0.2) is 0 Å². The summed E-state index contributed by atoms with van der Waals surface area (Å²) in [5, 5.41) is 17.8. The zero-order chi connectivity index (χ0) is 10.6. The second kappa shape index (κ2) is 6.43. The van der Waals surface area contributed by atoms with Gasteiger partial charge in [-0.1, -0.05) is 27.2 Å². The molecule has 0 saturated heterocycles. The van der Waals surface area contributed by atoms with E-state index in [0.717, 1.165) is 0 Å². The van der Waals surface area contributed by atoms with Gasteiger partial charge in [0.1, 0.15) is 0 Å². The number of hydrogen-bond donors (Lipinski definition) is 2. The number of hydrogen-bond acceptors (Lipinski definition) is 2. The van der Waals surface area contributed by atoms with Crippen LogP contribution in [0.5, 0.6) is 0 Å². The van der Waals surface area contributed by atoms with Crippen LogP contribution in [0.2, 0.25) is 0 Å². The Bertz CT molecular complexity index is 204. The minimum absolute atomic E-state index is 0. The van der Waals surface area contributed by atoms with Crippen LogP contribution in [0, 0.1) is 11.3 Å². The van der Waals surface area contributed by atoms with E-state index in [9.17, 15) is 9.59 Å². The Labute approximate surface area is 107 Å². The third kappa shape index (κ3) is 2.97. The smallest absolute Gasteiger partial charge is 1.00 e. The first-order valence-corrected chi connectivity index (χ1v) is 4.36. The molecular formula is C9H17NaO4. The molecule has 0 radical (unpaired) electrons. The molecule has 0 aromatic carbocycles. The summed E-state index contributed by atoms with van der Waals surface area (Å²) in [4.78, 5) is 21.8. The maximum atomic E-state index is 10.9. The molecule has 0 aromatic rings. The molecule has 2 N–H and O–H groups in total. The van der Waals surface area contributed by atoms with E-state index in [1.807, 2.05) is 0 Å². The fourth-order valence-electron chi connectivity index (χ4n) is 1.48. The fraction of sp³-hybridized carbons (Fsp3) is 0.778. The van der Waals surface area contributed by atoms with E-state index in [4.69, 9.17) is 10.2 Å². The molecule has 0 aromatic heterocycles. The molecule has 0 unspecified atom stereocenters. The van der Waals surface area contributed by atoms with Crippen LogP contribution in [0.25, 0.3) is 0 Å². The van der Waals surface area contributed by atoms with Crippen molar-refractivity contribution < 1.29 is 50.8 Å². The molecule has 0 fully saturated rings. The Morgan fingerprint density at radius 3 is 1.71 bits per heavy atom. The molecule has 0 aliphatic heterocycles. The predicted octanol–water partition coefficient (Wildman–Crippen LogP) is -1.29. The first kappa shape index (κ1) is 16.4. The Morgan fingerprint density at radius 2 is 1.64 bits per heavy atom. The summed E-state index contributed by atoms with van der Waals surface area (Å²) < 4.78 is 0. The van der Waals surface area contributed by atoms with Crippen LogP contribution >= 0.6 is 0 Å². The molecule has 0 atom stereocenters. The van der Waals surface area contributed by atoms with E-state index >= 15 is 0 Å². The number of carboxylic acids is 2. The van der Waals surface area contributed by atoms with E-state index in [-0.39, 0.29) is 37.4 Å². The molecule has 0 spiro atoms. The zero-order valence-corrected chi connectivity index (χ0v) is 11.2. The van der Waals surface area contributed by atoms with Crippen molar-refractivity contribution in [1.82, 2.24) is 0 Å². The minimum atomic E-state index is -1.62. The van der Waals surface area contributed by atoms with E-state index in [0.29, 0.717) is 6.42 Å². The topological polar surface area (TPSA) is 74.6 Å². The van der Waals surface area contributed by atoms with Gasteiger partial charge < -0.3 is 11.6 Å². The molecule has 14 heavy (non-hydrogen) atoms. The van der Waals surface area contributed by atoms with Gasteiger partial charge in [-0.2, -0.15) is 0 Å². The summed E-state index contributed by atoms with van der Waals surface area (Å²) in [5.41, 5.74) is -1.62. The van der Waals surface area contributed by atoms with Gasteiger partial charge in [0.15, 0.2) is 5.41 Å². The Balaban J connectivity index is -0.000000720. The van der Waals surface area contributed by atoms with Crippen LogP contribution in [-0.4, -0.2) is 22.2 Å². The predicted molar refractivity (Wildman–Crippen MR) is 48.6 cm³/mol. The summed E-state index contributed by atoms with van der Waals surface area (Å²) in [6.07, 6.45) is 0.728. The summed E-state index contributed by atoms with van der Waals surface area (Å²) >= 11 is 0. The van der Waals surface area contributed by atoms with Gasteiger partial charge in [-0.05, 0) is 12.3 Å². The van der Waals surface area contributed by atoms with Crippen molar-refractivity contribution in [2.24, 2.45) is 11.3 Å². The maximum Gasteiger partial charge on any atom is 1.00 e. The van der Waals surface area contributed by atoms with Crippen LogP contribution < -0.4 is 29.6 Å². The molecule has 0 rings (SSSR count). The van der Waals surface area contributed by atoms with Crippen molar-refractivity contribution in [2.75, 3.05) is 0 Å². The molecule has 0 saturated carbocycles. The van der Waals surface area contributed by atoms with Crippen molar-refractivity contribution in [1.29, 1.82) is 0 Å². The van der Waals surface area contributed by atoms with Gasteiger partial charge in [0.05, 0.1) is 0 Å². The first-order valence-electron chi connectivity index (χ1n) is 4.36. The standard InChI is InChI=1S/C9H16O4.Na.H/c1-4-5-9(6(2)3,7(10)11)8(12)13;;/h6H,4-5H2,1-3H3,(H,10,11)(H,12,13);;/q;+1;-1. The average Bonchev–Trinajstić information content (AvgIpc) is 1.97. The molecular weight excluding hydrogens is 195 g/mol. The second-order valence-electron chi connectivity index (χ2n) is 3.49. The summed E-state index contributed by atoms with van der Waals surface area (Å²) in [7, 11) is 0. The molecule has 0 amide bonds. The third-order valence-electron chi connectivity index (χ3n) is 2.39. The largest absolute Gasteiger partial charge is 1.00 e. The minimum Gasteiger partial charge on any atom is -1.00 e. The van der Waals surface area contributed by atoms with Crippen LogP contribution in [0.3, 0.4) is 0 Å². The fourth-order valence-corrected chi connectivity index (χ4v) is 1.48. The Kier molecular flexibility index (Phi) is 7.52. The molecule has 0 heterocycles. The summed E-state index contributed by atoms with van der Waals surface area (Å²) in [6.45, 7) is 5.03. The number of aliphatic carboxylic acids is 2. The molecule has 0 aliphatic carbocycles. The monoisotopic (exact) mass is 212 g/mol. The Hall–Kier alpha value is -0.0600. The van der Waals surface area contributed by atoms with Crippen molar-refractivity contribution in [3.63, 3.8) is 0 Å². The van der Waals surface area contributed by atoms with Crippen LogP contribution in [-0.2, 0) is 9.59 Å². The van der Waals surface area contributed by atoms with Crippen molar-refractivity contribution in [3.8, 4) is 0 Å². The van der Waals surface area contributed by atoms with Crippen LogP contribution in [0.4, 0.5) is 0 Å². The van der Waals surface area contributed by atoms with Gasteiger partial charge >= 0.3 is 41.5 Å². The van der Waals surface area contributed by atoms with E-state index in [1.165, 1.54) is 0 Å². The second-order valence-corrected chi connectivity index (χ2v) is 3.49. The third-order valence-corrected chi connectivity index (χ3v) is 2.39. The van der Waals surface area contributed by atoms with E-state index < -0.39 is 23.3 Å². The van der Waals surface area contributed by atoms with Gasteiger partial charge in [-0.15, -0.1) is 0 Å². The van der Waals surface area contributed by atoms with E-state index in [1.54, 1.807) is 20.8 Å². The molecule has 4 nitrogen and oxygen atoms in total. The molecule has 78 valence electrons. The maximum absolute atomic E-state index is 10.9. The first-order chi connectivity index (χ1) is 5.89. The van der Waals surface area contributed by atoms with Gasteiger partial charge in [-0.3, -0.25) is 9.59 Å². The Morgan fingerprint density at radius 1 is 1.29 bits per heavy atom. The number of carbonyl (C=O) groups is 2. The van der Waals surface area contributed by atoms with Crippen molar-refractivity contribution in [3.05, 3.63) is 0 Å². The summed E-state index contributed by atoms with van der Waals surface area (Å²) in [5.74, 6) is -2.88. The van der Waals surface area contributed by atoms with Crippen molar-refractivity contribution in [2.45, 2.75) is 33.6 Å². The van der Waals surface area contributed by atoms with Gasteiger partial charge in [0.2, 0.25) is 0 Å². The molecule has 0 aliphatic rings.